The van der Waals surface area contributed by atoms with Crippen LogP contribution in [0.2, 0.25) is 0 Å². The molecular weight excluding hydrogens is 309 g/mol. The molecule has 0 spiro atoms. The smallest absolute Gasteiger partial charge is 0.251 e. The largest absolute Gasteiger partial charge is 0.379 e. The van der Waals surface area contributed by atoms with E-state index >= 15 is 0 Å². The van der Waals surface area contributed by atoms with Crippen LogP contribution in [-0.4, -0.2) is 48.6 Å². The maximum absolute atomic E-state index is 13.0. The number of rotatable bonds is 5. The van der Waals surface area contributed by atoms with Crippen molar-refractivity contribution in [2.45, 2.75) is 6.04 Å². The summed E-state index contributed by atoms with van der Waals surface area (Å²) in [6.07, 6.45) is 3.56. The van der Waals surface area contributed by atoms with Gasteiger partial charge in [0.25, 0.3) is 5.91 Å². The van der Waals surface area contributed by atoms with E-state index in [0.29, 0.717) is 25.3 Å². The molecule has 1 N–H and O–H groups in total. The van der Waals surface area contributed by atoms with Gasteiger partial charge in [-0.15, -0.1) is 0 Å². The van der Waals surface area contributed by atoms with Crippen LogP contribution in [0.4, 0.5) is 4.39 Å². The van der Waals surface area contributed by atoms with Gasteiger partial charge in [0.05, 0.1) is 19.3 Å². The molecular formula is C18H20FN3O2. The van der Waals surface area contributed by atoms with Gasteiger partial charge in [0.15, 0.2) is 0 Å². The number of hydrogen-bond acceptors (Lipinski definition) is 4. The van der Waals surface area contributed by atoms with Crippen molar-refractivity contribution >= 4 is 5.91 Å². The minimum absolute atomic E-state index is 0.0343. The summed E-state index contributed by atoms with van der Waals surface area (Å²) in [6, 6.07) is 9.48. The third kappa shape index (κ3) is 4.15. The Balaban J connectivity index is 1.69. The second kappa shape index (κ2) is 7.99. The lowest BCUT2D eigenvalue weighted by molar-refractivity contribution is 0.0161. The molecule has 1 amide bonds. The average Bonchev–Trinajstić information content (AvgIpc) is 2.64. The minimum Gasteiger partial charge on any atom is -0.379 e. The van der Waals surface area contributed by atoms with E-state index in [1.165, 1.54) is 24.3 Å². The Morgan fingerprint density at radius 2 is 2.00 bits per heavy atom. The van der Waals surface area contributed by atoms with Gasteiger partial charge in [-0.2, -0.15) is 0 Å². The van der Waals surface area contributed by atoms with Crippen molar-refractivity contribution in [1.82, 2.24) is 15.2 Å². The lowest BCUT2D eigenvalue weighted by Gasteiger charge is -2.34. The van der Waals surface area contributed by atoms with Crippen molar-refractivity contribution in [3.8, 4) is 0 Å². The first-order valence-electron chi connectivity index (χ1n) is 7.99. The van der Waals surface area contributed by atoms with Gasteiger partial charge in [-0.05, 0) is 35.9 Å². The van der Waals surface area contributed by atoms with Crippen LogP contribution in [0.5, 0.6) is 0 Å². The molecule has 24 heavy (non-hydrogen) atoms. The fraction of sp³-hybridized carbons (Fsp3) is 0.333. The van der Waals surface area contributed by atoms with Crippen molar-refractivity contribution in [1.29, 1.82) is 0 Å². The first kappa shape index (κ1) is 16.5. The molecule has 1 atom stereocenters. The molecule has 2 aromatic rings. The number of nitrogens with zero attached hydrogens (tertiary/aromatic N) is 2. The molecule has 1 aromatic carbocycles. The average molecular weight is 329 g/mol. The summed E-state index contributed by atoms with van der Waals surface area (Å²) in [5.41, 5.74) is 1.50. The second-order valence-electron chi connectivity index (χ2n) is 5.67. The fourth-order valence-corrected chi connectivity index (χ4v) is 2.81. The molecule has 1 aliphatic rings. The Bertz CT molecular complexity index is 658. The number of carbonyl (C=O) groups is 1. The number of morpholine rings is 1. The van der Waals surface area contributed by atoms with Crippen LogP contribution in [0.25, 0.3) is 0 Å². The molecule has 3 rings (SSSR count). The summed E-state index contributed by atoms with van der Waals surface area (Å²) in [5.74, 6) is -0.565. The Labute approximate surface area is 140 Å². The van der Waals surface area contributed by atoms with E-state index < -0.39 is 0 Å². The van der Waals surface area contributed by atoms with Gasteiger partial charge in [-0.25, -0.2) is 4.39 Å². The SMILES string of the molecule is O=C(NCC(c1cccnc1)N1CCOCC1)c1ccc(F)cc1. The van der Waals surface area contributed by atoms with E-state index in [1.807, 2.05) is 18.3 Å². The minimum atomic E-state index is -0.354. The molecule has 5 nitrogen and oxygen atoms in total. The highest BCUT2D eigenvalue weighted by molar-refractivity contribution is 5.94. The van der Waals surface area contributed by atoms with Crippen LogP contribution in [0.15, 0.2) is 48.8 Å². The van der Waals surface area contributed by atoms with E-state index in [1.54, 1.807) is 6.20 Å². The number of halogens is 1. The van der Waals surface area contributed by atoms with Gasteiger partial charge < -0.3 is 10.1 Å². The zero-order chi connectivity index (χ0) is 16.8. The maximum Gasteiger partial charge on any atom is 0.251 e. The van der Waals surface area contributed by atoms with Crippen molar-refractivity contribution in [2.75, 3.05) is 32.8 Å². The Hall–Kier alpha value is -2.31. The Kier molecular flexibility index (Phi) is 5.51. The molecule has 1 aliphatic heterocycles. The van der Waals surface area contributed by atoms with Gasteiger partial charge in [-0.3, -0.25) is 14.7 Å². The summed E-state index contributed by atoms with van der Waals surface area (Å²) < 4.78 is 18.4. The van der Waals surface area contributed by atoms with E-state index in [2.05, 4.69) is 15.2 Å². The molecule has 1 unspecified atom stereocenters. The van der Waals surface area contributed by atoms with Crippen molar-refractivity contribution in [3.05, 3.63) is 65.7 Å². The van der Waals surface area contributed by atoms with Crippen LogP contribution >= 0.6 is 0 Å². The first-order chi connectivity index (χ1) is 11.7. The highest BCUT2D eigenvalue weighted by Gasteiger charge is 2.23. The molecule has 0 radical (unpaired) electrons. The highest BCUT2D eigenvalue weighted by atomic mass is 19.1. The molecule has 0 aliphatic carbocycles. The maximum atomic E-state index is 13.0. The predicted molar refractivity (Wildman–Crippen MR) is 88.1 cm³/mol. The molecule has 6 heteroatoms. The number of pyridine rings is 1. The van der Waals surface area contributed by atoms with Crippen LogP contribution in [-0.2, 0) is 4.74 Å². The lowest BCUT2D eigenvalue weighted by atomic mass is 10.1. The molecule has 1 aromatic heterocycles. The summed E-state index contributed by atoms with van der Waals surface area (Å²) >= 11 is 0. The number of aromatic nitrogens is 1. The van der Waals surface area contributed by atoms with E-state index in [0.717, 1.165) is 18.7 Å². The highest BCUT2D eigenvalue weighted by Crippen LogP contribution is 2.20. The second-order valence-corrected chi connectivity index (χ2v) is 5.67. The zero-order valence-electron chi connectivity index (χ0n) is 13.3. The number of benzene rings is 1. The van der Waals surface area contributed by atoms with Gasteiger partial charge in [0.1, 0.15) is 5.82 Å². The van der Waals surface area contributed by atoms with Crippen molar-refractivity contribution < 1.29 is 13.9 Å². The lowest BCUT2D eigenvalue weighted by Crippen LogP contribution is -2.43. The van der Waals surface area contributed by atoms with Crippen LogP contribution in [0, 0.1) is 5.82 Å². The van der Waals surface area contributed by atoms with E-state index in [4.69, 9.17) is 4.74 Å². The molecule has 126 valence electrons. The van der Waals surface area contributed by atoms with E-state index in [-0.39, 0.29) is 17.8 Å². The van der Waals surface area contributed by atoms with Gasteiger partial charge >= 0.3 is 0 Å². The van der Waals surface area contributed by atoms with Crippen molar-refractivity contribution in [2.24, 2.45) is 0 Å². The Morgan fingerprint density at radius 1 is 1.25 bits per heavy atom. The summed E-state index contributed by atoms with van der Waals surface area (Å²) in [6.45, 7) is 3.45. The zero-order valence-corrected chi connectivity index (χ0v) is 13.3. The number of hydrogen-bond donors (Lipinski definition) is 1. The molecule has 1 saturated heterocycles. The molecule has 1 fully saturated rings. The summed E-state index contributed by atoms with van der Waals surface area (Å²) in [4.78, 5) is 18.7. The van der Waals surface area contributed by atoms with Crippen molar-refractivity contribution in [3.63, 3.8) is 0 Å². The molecule has 2 heterocycles. The van der Waals surface area contributed by atoms with Crippen LogP contribution < -0.4 is 5.32 Å². The number of nitrogens with one attached hydrogen (secondary N) is 1. The van der Waals surface area contributed by atoms with Gasteiger partial charge in [0, 0.05) is 37.6 Å². The normalized spacial score (nSPS) is 16.5. The number of ether oxygens (including phenoxy) is 1. The fourth-order valence-electron chi connectivity index (χ4n) is 2.81. The predicted octanol–water partition coefficient (Wildman–Crippen LogP) is 2.02. The number of amides is 1. The van der Waals surface area contributed by atoms with E-state index in [9.17, 15) is 9.18 Å². The summed E-state index contributed by atoms with van der Waals surface area (Å²) in [5, 5.41) is 2.94. The monoisotopic (exact) mass is 329 g/mol. The molecule has 0 bridgehead atoms. The number of carbonyl (C=O) groups excluding carboxylic acids is 1. The topological polar surface area (TPSA) is 54.5 Å². The molecule has 0 saturated carbocycles. The van der Waals surface area contributed by atoms with Gasteiger partial charge in [-0.1, -0.05) is 6.07 Å². The third-order valence-corrected chi connectivity index (χ3v) is 4.12. The van der Waals surface area contributed by atoms with Crippen LogP contribution in [0.3, 0.4) is 0 Å². The first-order valence-corrected chi connectivity index (χ1v) is 7.99. The quantitative estimate of drug-likeness (QED) is 0.912. The van der Waals surface area contributed by atoms with Gasteiger partial charge in [0.2, 0.25) is 0 Å². The van der Waals surface area contributed by atoms with Crippen LogP contribution in [0.1, 0.15) is 22.0 Å². The third-order valence-electron chi connectivity index (χ3n) is 4.12. The summed E-state index contributed by atoms with van der Waals surface area (Å²) in [7, 11) is 0. The Morgan fingerprint density at radius 3 is 2.67 bits per heavy atom. The standard InChI is InChI=1S/C18H20FN3O2/c19-16-5-3-14(4-6-16)18(23)21-13-17(15-2-1-7-20-12-15)22-8-10-24-11-9-22/h1-7,12,17H,8-11,13H2,(H,21,23).